The molecule has 2 rings (SSSR count). The molecule has 0 spiro atoms. The zero-order valence-corrected chi connectivity index (χ0v) is 17.5. The van der Waals surface area contributed by atoms with E-state index in [1.165, 1.54) is 7.11 Å². The van der Waals surface area contributed by atoms with Gasteiger partial charge in [-0.3, -0.25) is 10.1 Å². The van der Waals surface area contributed by atoms with Crippen LogP contribution in [0.2, 0.25) is 18.1 Å². The van der Waals surface area contributed by atoms with Gasteiger partial charge >= 0.3 is 5.97 Å². The SMILES string of the molecule is COC(=O)C1(NCc2ccc(OC)c(O[Si](C)(C)C(C)(C)C)c2)CC1. The third-order valence-corrected chi connectivity index (χ3v) is 9.70. The molecule has 1 N–H and O–H groups in total. The summed E-state index contributed by atoms with van der Waals surface area (Å²) in [6.45, 7) is 11.7. The van der Waals surface area contributed by atoms with Crippen LogP contribution in [0.25, 0.3) is 0 Å². The summed E-state index contributed by atoms with van der Waals surface area (Å²) in [4.78, 5) is 11.9. The Kier molecular flexibility index (Phi) is 5.54. The average Bonchev–Trinajstić information content (AvgIpc) is 3.32. The molecule has 0 bridgehead atoms. The van der Waals surface area contributed by atoms with Crippen molar-refractivity contribution in [3.8, 4) is 11.5 Å². The predicted molar refractivity (Wildman–Crippen MR) is 102 cm³/mol. The van der Waals surface area contributed by atoms with Crippen molar-refractivity contribution in [2.45, 2.75) is 63.8 Å². The molecule has 25 heavy (non-hydrogen) atoms. The van der Waals surface area contributed by atoms with Gasteiger partial charge in [-0.15, -0.1) is 0 Å². The van der Waals surface area contributed by atoms with E-state index >= 15 is 0 Å². The zero-order valence-electron chi connectivity index (χ0n) is 16.5. The van der Waals surface area contributed by atoms with E-state index in [2.05, 4.69) is 39.2 Å². The molecule has 0 heterocycles. The third-order valence-electron chi connectivity index (χ3n) is 5.36. The minimum absolute atomic E-state index is 0.106. The summed E-state index contributed by atoms with van der Waals surface area (Å²) in [5.41, 5.74) is 0.555. The second-order valence-corrected chi connectivity index (χ2v) is 13.0. The Balaban J connectivity index is 2.16. The van der Waals surface area contributed by atoms with E-state index in [9.17, 15) is 4.79 Å². The van der Waals surface area contributed by atoms with Crippen LogP contribution in [0.4, 0.5) is 0 Å². The Labute approximate surface area is 152 Å². The van der Waals surface area contributed by atoms with Crippen molar-refractivity contribution in [1.82, 2.24) is 5.32 Å². The van der Waals surface area contributed by atoms with Gasteiger partial charge in [0, 0.05) is 6.54 Å². The number of ether oxygens (including phenoxy) is 2. The monoisotopic (exact) mass is 365 g/mol. The number of hydrogen-bond donors (Lipinski definition) is 1. The maximum Gasteiger partial charge on any atom is 0.326 e. The first-order valence-electron chi connectivity index (χ1n) is 8.74. The minimum atomic E-state index is -1.96. The van der Waals surface area contributed by atoms with Gasteiger partial charge in [0.1, 0.15) is 11.3 Å². The first kappa shape index (κ1) is 19.8. The molecule has 5 nitrogen and oxygen atoms in total. The zero-order chi connectivity index (χ0) is 18.9. The molecular weight excluding hydrogens is 334 g/mol. The van der Waals surface area contributed by atoms with Gasteiger partial charge < -0.3 is 13.9 Å². The largest absolute Gasteiger partial charge is 0.541 e. The summed E-state index contributed by atoms with van der Waals surface area (Å²) in [6.07, 6.45) is 1.65. The quantitative estimate of drug-likeness (QED) is 0.587. The van der Waals surface area contributed by atoms with Crippen molar-refractivity contribution in [1.29, 1.82) is 0 Å². The van der Waals surface area contributed by atoms with Crippen LogP contribution in [-0.4, -0.2) is 34.0 Å². The van der Waals surface area contributed by atoms with Gasteiger partial charge in [-0.2, -0.15) is 0 Å². The van der Waals surface area contributed by atoms with Gasteiger partial charge in [-0.05, 0) is 48.7 Å². The summed E-state index contributed by atoms with van der Waals surface area (Å²) in [5, 5.41) is 3.44. The van der Waals surface area contributed by atoms with Crippen molar-refractivity contribution < 1.29 is 18.7 Å². The lowest BCUT2D eigenvalue weighted by Crippen LogP contribution is -2.44. The number of carbonyl (C=O) groups is 1. The van der Waals surface area contributed by atoms with Crippen molar-refractivity contribution in [2.75, 3.05) is 14.2 Å². The van der Waals surface area contributed by atoms with Crippen LogP contribution in [0.1, 0.15) is 39.2 Å². The van der Waals surface area contributed by atoms with Crippen LogP contribution in [-0.2, 0) is 16.1 Å². The predicted octanol–water partition coefficient (Wildman–Crippen LogP) is 3.87. The van der Waals surface area contributed by atoms with Crippen LogP contribution >= 0.6 is 0 Å². The molecule has 0 saturated heterocycles. The van der Waals surface area contributed by atoms with Crippen LogP contribution in [0.3, 0.4) is 0 Å². The van der Waals surface area contributed by atoms with Crippen molar-refractivity contribution >= 4 is 14.3 Å². The summed E-state index contributed by atoms with van der Waals surface area (Å²) in [5.74, 6) is 1.33. The van der Waals surface area contributed by atoms with Crippen LogP contribution in [0.15, 0.2) is 18.2 Å². The highest BCUT2D eigenvalue weighted by atomic mass is 28.4. The van der Waals surface area contributed by atoms with E-state index < -0.39 is 13.9 Å². The maximum atomic E-state index is 11.9. The van der Waals surface area contributed by atoms with Gasteiger partial charge in [0.05, 0.1) is 14.2 Å². The van der Waals surface area contributed by atoms with E-state index in [4.69, 9.17) is 13.9 Å². The molecule has 6 heteroatoms. The first-order valence-corrected chi connectivity index (χ1v) is 11.6. The molecule has 140 valence electrons. The number of carbonyl (C=O) groups excluding carboxylic acids is 1. The number of benzene rings is 1. The molecule has 1 aromatic carbocycles. The molecule has 0 radical (unpaired) electrons. The second-order valence-electron chi connectivity index (χ2n) is 8.27. The van der Waals surface area contributed by atoms with Crippen molar-refractivity contribution in [3.63, 3.8) is 0 Å². The lowest BCUT2D eigenvalue weighted by molar-refractivity contribution is -0.144. The second kappa shape index (κ2) is 7.00. The Morgan fingerprint density at radius 3 is 2.32 bits per heavy atom. The lowest BCUT2D eigenvalue weighted by Gasteiger charge is -2.36. The fraction of sp³-hybridized carbons (Fsp3) is 0.632. The highest BCUT2D eigenvalue weighted by Crippen LogP contribution is 2.41. The van der Waals surface area contributed by atoms with Gasteiger partial charge in [-0.25, -0.2) is 0 Å². The van der Waals surface area contributed by atoms with Gasteiger partial charge in [-0.1, -0.05) is 26.8 Å². The Bertz CT molecular complexity index is 633. The molecule has 0 amide bonds. The van der Waals surface area contributed by atoms with Crippen LogP contribution in [0, 0.1) is 0 Å². The number of hydrogen-bond acceptors (Lipinski definition) is 5. The number of nitrogens with one attached hydrogen (secondary N) is 1. The third kappa shape index (κ3) is 4.36. The molecule has 1 aliphatic carbocycles. The van der Waals surface area contributed by atoms with Crippen LogP contribution < -0.4 is 14.5 Å². The van der Waals surface area contributed by atoms with Crippen LogP contribution in [0.5, 0.6) is 11.5 Å². The average molecular weight is 366 g/mol. The van der Waals surface area contributed by atoms with E-state index in [-0.39, 0.29) is 11.0 Å². The molecule has 0 aliphatic heterocycles. The highest BCUT2D eigenvalue weighted by molar-refractivity contribution is 6.74. The molecule has 0 unspecified atom stereocenters. The lowest BCUT2D eigenvalue weighted by atomic mass is 10.1. The Morgan fingerprint density at radius 1 is 1.20 bits per heavy atom. The molecule has 1 aromatic rings. The fourth-order valence-corrected chi connectivity index (χ4v) is 3.40. The summed E-state index contributed by atoms with van der Waals surface area (Å²) < 4.78 is 16.8. The van der Waals surface area contributed by atoms with E-state index in [1.54, 1.807) is 7.11 Å². The summed E-state index contributed by atoms with van der Waals surface area (Å²) >= 11 is 0. The van der Waals surface area contributed by atoms with Gasteiger partial charge in [0.15, 0.2) is 5.75 Å². The van der Waals surface area contributed by atoms with Crippen molar-refractivity contribution in [3.05, 3.63) is 23.8 Å². The Morgan fingerprint density at radius 2 is 1.84 bits per heavy atom. The first-order chi connectivity index (χ1) is 11.5. The maximum absolute atomic E-state index is 11.9. The molecule has 0 atom stereocenters. The Hall–Kier alpha value is -1.53. The normalized spacial score (nSPS) is 16.3. The smallest absolute Gasteiger partial charge is 0.326 e. The molecule has 1 aliphatic rings. The van der Waals surface area contributed by atoms with Gasteiger partial charge in [0.25, 0.3) is 8.32 Å². The molecular formula is C19H31NO4Si. The van der Waals surface area contributed by atoms with E-state index in [0.717, 1.165) is 29.9 Å². The minimum Gasteiger partial charge on any atom is -0.541 e. The standard InChI is InChI=1S/C19H31NO4Si/c1-18(2,3)25(6,7)24-16-12-14(8-9-15(16)22-4)13-20-19(10-11-19)17(21)23-5/h8-9,12,20H,10-11,13H2,1-7H3. The van der Waals surface area contributed by atoms with Gasteiger partial charge in [0.2, 0.25) is 0 Å². The number of rotatable bonds is 7. The van der Waals surface area contributed by atoms with E-state index in [1.807, 2.05) is 18.2 Å². The summed E-state index contributed by atoms with van der Waals surface area (Å²) in [6, 6.07) is 5.94. The summed E-state index contributed by atoms with van der Waals surface area (Å²) in [7, 11) is 1.13. The molecule has 1 fully saturated rings. The highest BCUT2D eigenvalue weighted by Gasteiger charge is 2.50. The fourth-order valence-electron chi connectivity index (χ4n) is 2.38. The van der Waals surface area contributed by atoms with Crippen molar-refractivity contribution in [2.24, 2.45) is 0 Å². The topological polar surface area (TPSA) is 56.8 Å². The molecule has 1 saturated carbocycles. The number of esters is 1. The number of methoxy groups -OCH3 is 2. The van der Waals surface area contributed by atoms with E-state index in [0.29, 0.717) is 6.54 Å². The molecule has 0 aromatic heterocycles.